The van der Waals surface area contributed by atoms with E-state index in [0.717, 1.165) is 6.07 Å². The van der Waals surface area contributed by atoms with Gasteiger partial charge in [0, 0.05) is 5.02 Å². The SMILES string of the molecule is O=S(=O)(c1ccc(Cl)cc1)c1c(Cl)cc(Cl)c2nc(C(F)(F)F)[nH]c12. The van der Waals surface area contributed by atoms with Gasteiger partial charge in [0.15, 0.2) is 0 Å². The van der Waals surface area contributed by atoms with Crippen molar-refractivity contribution in [2.24, 2.45) is 0 Å². The summed E-state index contributed by atoms with van der Waals surface area (Å²) in [4.78, 5) is 4.58. The van der Waals surface area contributed by atoms with E-state index >= 15 is 0 Å². The van der Waals surface area contributed by atoms with Crippen molar-refractivity contribution >= 4 is 55.7 Å². The summed E-state index contributed by atoms with van der Waals surface area (Å²) in [5, 5.41) is -0.237. The molecule has 1 N–H and O–H groups in total. The molecule has 1 heterocycles. The zero-order valence-electron chi connectivity index (χ0n) is 11.8. The highest BCUT2D eigenvalue weighted by Gasteiger charge is 2.37. The minimum atomic E-state index is -4.81. The molecule has 0 aliphatic rings. The van der Waals surface area contributed by atoms with Gasteiger partial charge in [-0.1, -0.05) is 34.8 Å². The topological polar surface area (TPSA) is 62.8 Å². The predicted molar refractivity (Wildman–Crippen MR) is 88.0 cm³/mol. The third-order valence-electron chi connectivity index (χ3n) is 3.29. The molecule has 11 heteroatoms. The summed E-state index contributed by atoms with van der Waals surface area (Å²) in [6, 6.07) is 6.15. The fourth-order valence-corrected chi connectivity index (χ4v) is 4.60. The number of nitrogens with zero attached hydrogens (tertiary/aromatic N) is 1. The monoisotopic (exact) mass is 428 g/mol. The third-order valence-corrected chi connectivity index (χ3v) is 6.09. The van der Waals surface area contributed by atoms with Gasteiger partial charge in [0.1, 0.15) is 10.4 Å². The molecule has 0 bridgehead atoms. The Kier molecular flexibility index (Phi) is 4.43. The predicted octanol–water partition coefficient (Wildman–Crippen LogP) is 5.37. The van der Waals surface area contributed by atoms with Crippen LogP contribution in [0.5, 0.6) is 0 Å². The van der Waals surface area contributed by atoms with Crippen LogP contribution >= 0.6 is 34.8 Å². The maximum atomic E-state index is 12.9. The summed E-state index contributed by atoms with van der Waals surface area (Å²) in [6.45, 7) is 0. The number of hydrogen-bond donors (Lipinski definition) is 1. The van der Waals surface area contributed by atoms with Gasteiger partial charge >= 0.3 is 6.18 Å². The van der Waals surface area contributed by atoms with Crippen molar-refractivity contribution in [3.8, 4) is 0 Å². The van der Waals surface area contributed by atoms with Crippen molar-refractivity contribution in [3.63, 3.8) is 0 Å². The second-order valence-corrected chi connectivity index (χ2v) is 8.07. The molecule has 0 spiro atoms. The first-order chi connectivity index (χ1) is 11.5. The fourth-order valence-electron chi connectivity index (χ4n) is 2.20. The number of fused-ring (bicyclic) bond motifs is 1. The molecule has 0 saturated heterocycles. The van der Waals surface area contributed by atoms with Crippen molar-refractivity contribution < 1.29 is 21.6 Å². The Morgan fingerprint density at radius 3 is 2.16 bits per heavy atom. The largest absolute Gasteiger partial charge is 0.449 e. The van der Waals surface area contributed by atoms with E-state index in [-0.39, 0.29) is 20.5 Å². The second-order valence-electron chi connectivity index (χ2n) is 4.93. The van der Waals surface area contributed by atoms with E-state index in [1.807, 2.05) is 4.98 Å². The highest BCUT2D eigenvalue weighted by Crippen LogP contribution is 2.39. The Morgan fingerprint density at radius 1 is 1.00 bits per heavy atom. The lowest BCUT2D eigenvalue weighted by Gasteiger charge is -2.09. The number of halogens is 6. The number of rotatable bonds is 2. The van der Waals surface area contributed by atoms with Crippen LogP contribution in [0.3, 0.4) is 0 Å². The van der Waals surface area contributed by atoms with E-state index in [4.69, 9.17) is 34.8 Å². The van der Waals surface area contributed by atoms with Gasteiger partial charge in [0.05, 0.1) is 20.5 Å². The number of sulfone groups is 1. The van der Waals surface area contributed by atoms with Crippen LogP contribution in [0.25, 0.3) is 11.0 Å². The van der Waals surface area contributed by atoms with Crippen LogP contribution in [0.1, 0.15) is 5.82 Å². The van der Waals surface area contributed by atoms with E-state index in [0.29, 0.717) is 5.02 Å². The average molecular weight is 430 g/mol. The van der Waals surface area contributed by atoms with E-state index in [1.54, 1.807) is 0 Å². The van der Waals surface area contributed by atoms with Gasteiger partial charge in [-0.05, 0) is 30.3 Å². The Bertz CT molecular complexity index is 1080. The number of aromatic amines is 1. The maximum absolute atomic E-state index is 12.9. The van der Waals surface area contributed by atoms with Gasteiger partial charge in [-0.3, -0.25) is 0 Å². The van der Waals surface area contributed by atoms with Crippen molar-refractivity contribution in [2.75, 3.05) is 0 Å². The standard InChI is InChI=1S/C14H6Cl3F3N2O2S/c15-6-1-3-7(4-2-6)25(23,24)12-9(17)5-8(16)10-11(12)22-13(21-10)14(18,19)20/h1-5H,(H,21,22). The van der Waals surface area contributed by atoms with Crippen LogP contribution in [0.2, 0.25) is 15.1 Å². The summed E-state index contributed by atoms with van der Waals surface area (Å²) in [5.74, 6) is -1.38. The molecule has 0 aliphatic carbocycles. The highest BCUT2D eigenvalue weighted by molar-refractivity contribution is 7.91. The van der Waals surface area contributed by atoms with E-state index in [2.05, 4.69) is 4.98 Å². The highest BCUT2D eigenvalue weighted by atomic mass is 35.5. The van der Waals surface area contributed by atoms with Crippen LogP contribution in [-0.2, 0) is 16.0 Å². The van der Waals surface area contributed by atoms with Gasteiger partial charge in [0.25, 0.3) is 0 Å². The van der Waals surface area contributed by atoms with Crippen LogP contribution in [0.15, 0.2) is 40.1 Å². The summed E-state index contributed by atoms with van der Waals surface area (Å²) < 4.78 is 64.5. The molecule has 3 rings (SSSR count). The second kappa shape index (κ2) is 6.05. The number of imidazole rings is 1. The smallest absolute Gasteiger partial charge is 0.333 e. The van der Waals surface area contributed by atoms with E-state index in [9.17, 15) is 21.6 Å². The number of alkyl halides is 3. The number of hydrogen-bond acceptors (Lipinski definition) is 3. The van der Waals surface area contributed by atoms with Gasteiger partial charge < -0.3 is 4.98 Å². The van der Waals surface area contributed by atoms with E-state index in [1.165, 1.54) is 24.3 Å². The molecule has 0 unspecified atom stereocenters. The molecule has 0 fully saturated rings. The molecular weight excluding hydrogens is 424 g/mol. The maximum Gasteiger partial charge on any atom is 0.449 e. The van der Waals surface area contributed by atoms with Gasteiger partial charge in [-0.15, -0.1) is 0 Å². The summed E-state index contributed by atoms with van der Waals surface area (Å²) in [5.41, 5.74) is -0.759. The Balaban J connectivity index is 2.35. The van der Waals surface area contributed by atoms with Gasteiger partial charge in [-0.2, -0.15) is 13.2 Å². The van der Waals surface area contributed by atoms with Crippen molar-refractivity contribution in [3.05, 3.63) is 51.2 Å². The van der Waals surface area contributed by atoms with Crippen LogP contribution in [0.4, 0.5) is 13.2 Å². The number of nitrogens with one attached hydrogen (secondary N) is 1. The van der Waals surface area contributed by atoms with Gasteiger partial charge in [-0.25, -0.2) is 13.4 Å². The number of benzene rings is 2. The average Bonchev–Trinajstić information content (AvgIpc) is 2.92. The zero-order chi connectivity index (χ0) is 18.6. The molecule has 132 valence electrons. The zero-order valence-corrected chi connectivity index (χ0v) is 14.9. The quantitative estimate of drug-likeness (QED) is 0.595. The molecule has 25 heavy (non-hydrogen) atoms. The lowest BCUT2D eigenvalue weighted by atomic mass is 10.3. The lowest BCUT2D eigenvalue weighted by molar-refractivity contribution is -0.144. The minimum Gasteiger partial charge on any atom is -0.333 e. The first kappa shape index (κ1) is 18.3. The first-order valence-corrected chi connectivity index (χ1v) is 9.09. The van der Waals surface area contributed by atoms with E-state index < -0.39 is 32.3 Å². The van der Waals surface area contributed by atoms with Crippen molar-refractivity contribution in [2.45, 2.75) is 16.0 Å². The molecule has 2 aromatic carbocycles. The molecule has 0 radical (unpaired) electrons. The molecule has 3 aromatic rings. The lowest BCUT2D eigenvalue weighted by Crippen LogP contribution is -2.07. The molecule has 0 aliphatic heterocycles. The first-order valence-electron chi connectivity index (χ1n) is 6.47. The third kappa shape index (κ3) is 3.19. The number of aromatic nitrogens is 2. The Morgan fingerprint density at radius 2 is 1.60 bits per heavy atom. The van der Waals surface area contributed by atoms with Crippen molar-refractivity contribution in [1.29, 1.82) is 0 Å². The van der Waals surface area contributed by atoms with Crippen molar-refractivity contribution in [1.82, 2.24) is 9.97 Å². The number of H-pyrrole nitrogens is 1. The Hall–Kier alpha value is -1.48. The summed E-state index contributed by atoms with van der Waals surface area (Å²) in [6.07, 6.45) is -4.81. The molecule has 0 atom stereocenters. The molecule has 0 amide bonds. The molecule has 1 aromatic heterocycles. The van der Waals surface area contributed by atoms with Crippen LogP contribution < -0.4 is 0 Å². The summed E-state index contributed by atoms with van der Waals surface area (Å²) >= 11 is 17.6. The Labute approximate surface area is 154 Å². The van der Waals surface area contributed by atoms with Crippen LogP contribution in [-0.4, -0.2) is 18.4 Å². The van der Waals surface area contributed by atoms with Crippen LogP contribution in [0, 0.1) is 0 Å². The normalized spacial score (nSPS) is 12.7. The molecule has 4 nitrogen and oxygen atoms in total. The minimum absolute atomic E-state index is 0.189. The molecule has 0 saturated carbocycles. The fraction of sp³-hybridized carbons (Fsp3) is 0.0714. The molecular formula is C14H6Cl3F3N2O2S. The summed E-state index contributed by atoms with van der Waals surface area (Å²) in [7, 11) is -4.25. The van der Waals surface area contributed by atoms with Gasteiger partial charge in [0.2, 0.25) is 15.7 Å².